The van der Waals surface area contributed by atoms with Gasteiger partial charge in [0.2, 0.25) is 0 Å². The molecule has 1 heterocycles. The second kappa shape index (κ2) is 8.02. The zero-order chi connectivity index (χ0) is 17.6. The monoisotopic (exact) mass is 359 g/mol. The molecule has 0 saturated heterocycles. The number of carboxylic acid groups (broad SMARTS) is 1. The predicted molar refractivity (Wildman–Crippen MR) is 92.0 cm³/mol. The molecule has 0 spiro atoms. The number of rotatable bonds is 8. The molecule has 0 radical (unpaired) electrons. The highest BCUT2D eigenvalue weighted by molar-refractivity contribution is 7.99. The van der Waals surface area contributed by atoms with Crippen LogP contribution in [0.15, 0.2) is 53.7 Å². The van der Waals surface area contributed by atoms with E-state index in [0.29, 0.717) is 24.1 Å². The van der Waals surface area contributed by atoms with E-state index in [0.717, 1.165) is 11.0 Å². The Morgan fingerprint density at radius 3 is 2.76 bits per heavy atom. The third-order valence-electron chi connectivity index (χ3n) is 3.57. The molecule has 25 heavy (non-hydrogen) atoms. The number of imidazole rings is 1. The lowest BCUT2D eigenvalue weighted by Gasteiger charge is -2.10. The van der Waals surface area contributed by atoms with Crippen LogP contribution in [0.5, 0.6) is 5.75 Å². The first-order valence-electron chi connectivity index (χ1n) is 7.80. The minimum Gasteiger partial charge on any atom is -0.550 e. The Bertz CT molecular complexity index is 882. The van der Waals surface area contributed by atoms with Crippen LogP contribution >= 0.6 is 11.8 Å². The maximum atomic E-state index is 13.5. The van der Waals surface area contributed by atoms with Gasteiger partial charge in [0.1, 0.15) is 0 Å². The van der Waals surface area contributed by atoms with Crippen LogP contribution in [0.25, 0.3) is 11.0 Å². The van der Waals surface area contributed by atoms with E-state index in [-0.39, 0.29) is 12.2 Å². The summed E-state index contributed by atoms with van der Waals surface area (Å²) in [5, 5.41) is 11.5. The predicted octanol–water partition coefficient (Wildman–Crippen LogP) is 2.49. The van der Waals surface area contributed by atoms with Crippen LogP contribution in [0.2, 0.25) is 0 Å². The lowest BCUT2D eigenvalue weighted by atomic mass is 10.3. The molecular formula is C18H16FN2O3S-. The van der Waals surface area contributed by atoms with Gasteiger partial charge in [0.25, 0.3) is 0 Å². The fourth-order valence-corrected chi connectivity index (χ4v) is 3.29. The number of halogens is 1. The number of nitrogens with zero attached hydrogens (tertiary/aromatic N) is 2. The molecule has 7 heteroatoms. The van der Waals surface area contributed by atoms with Crippen LogP contribution in [0.1, 0.15) is 6.42 Å². The van der Waals surface area contributed by atoms with Crippen LogP contribution in [0.3, 0.4) is 0 Å². The van der Waals surface area contributed by atoms with Crippen molar-refractivity contribution in [1.29, 1.82) is 0 Å². The van der Waals surface area contributed by atoms with Gasteiger partial charge in [-0.15, -0.1) is 0 Å². The fourth-order valence-electron chi connectivity index (χ4n) is 2.43. The molecule has 0 aliphatic rings. The number of aryl methyl sites for hydroxylation is 1. The lowest BCUT2D eigenvalue weighted by Crippen LogP contribution is -2.23. The van der Waals surface area contributed by atoms with Crippen molar-refractivity contribution in [1.82, 2.24) is 9.55 Å². The smallest absolute Gasteiger partial charge is 0.169 e. The molecule has 5 nitrogen and oxygen atoms in total. The first kappa shape index (κ1) is 17.3. The van der Waals surface area contributed by atoms with Crippen molar-refractivity contribution in [3.63, 3.8) is 0 Å². The number of para-hydroxylation sites is 3. The second-order valence-electron chi connectivity index (χ2n) is 5.28. The number of hydrogen-bond donors (Lipinski definition) is 0. The number of aromatic nitrogens is 2. The molecular weight excluding hydrogens is 343 g/mol. The molecule has 3 rings (SSSR count). The van der Waals surface area contributed by atoms with Gasteiger partial charge >= 0.3 is 0 Å². The lowest BCUT2D eigenvalue weighted by molar-refractivity contribution is -0.305. The number of carbonyl (C=O) groups excluding carboxylic acids is 1. The Hall–Kier alpha value is -2.54. The second-order valence-corrected chi connectivity index (χ2v) is 6.35. The third-order valence-corrected chi connectivity index (χ3v) is 4.51. The quantitative estimate of drug-likeness (QED) is 0.457. The van der Waals surface area contributed by atoms with E-state index >= 15 is 0 Å². The number of thioether (sulfide) groups is 1. The number of carbonyl (C=O) groups is 1. The van der Waals surface area contributed by atoms with E-state index in [1.54, 1.807) is 18.2 Å². The van der Waals surface area contributed by atoms with Crippen molar-refractivity contribution in [2.75, 3.05) is 12.4 Å². The normalized spacial score (nSPS) is 10.9. The molecule has 0 aliphatic carbocycles. The summed E-state index contributed by atoms with van der Waals surface area (Å²) in [6.45, 7) is 0.606. The van der Waals surface area contributed by atoms with Gasteiger partial charge in [0.05, 0.1) is 17.6 Å². The van der Waals surface area contributed by atoms with Crippen LogP contribution < -0.4 is 9.84 Å². The number of aliphatic carboxylic acids is 1. The highest BCUT2D eigenvalue weighted by Crippen LogP contribution is 2.24. The van der Waals surface area contributed by atoms with Gasteiger partial charge in [-0.05, 0) is 24.3 Å². The molecule has 0 bridgehead atoms. The Kier molecular flexibility index (Phi) is 5.55. The highest BCUT2D eigenvalue weighted by Gasteiger charge is 2.11. The summed E-state index contributed by atoms with van der Waals surface area (Å²) >= 11 is 1.44. The summed E-state index contributed by atoms with van der Waals surface area (Å²) in [4.78, 5) is 15.3. The maximum absolute atomic E-state index is 13.5. The maximum Gasteiger partial charge on any atom is 0.169 e. The van der Waals surface area contributed by atoms with Crippen molar-refractivity contribution >= 4 is 28.8 Å². The topological polar surface area (TPSA) is 67.2 Å². The van der Waals surface area contributed by atoms with Gasteiger partial charge < -0.3 is 19.2 Å². The van der Waals surface area contributed by atoms with Crippen molar-refractivity contribution in [3.8, 4) is 5.75 Å². The minimum atomic E-state index is -1.10. The standard InChI is InChI=1S/C18H17FN2O3S/c19-13-5-1-4-8-16(13)24-11-12-25-18-20-14-6-2-3-7-15(14)21(18)10-9-17(22)23/h1-8H,9-12H2,(H,22,23)/p-1. The number of carboxylic acids is 1. The average Bonchev–Trinajstić information content (AvgIpc) is 2.96. The third kappa shape index (κ3) is 4.30. The molecule has 0 N–H and O–H groups in total. The molecule has 0 fully saturated rings. The van der Waals surface area contributed by atoms with E-state index in [1.807, 2.05) is 28.8 Å². The molecule has 130 valence electrons. The SMILES string of the molecule is O=C([O-])CCn1c(SCCOc2ccccc2F)nc2ccccc21. The summed E-state index contributed by atoms with van der Waals surface area (Å²) in [5.41, 5.74) is 1.68. The van der Waals surface area contributed by atoms with Crippen molar-refractivity contribution in [2.24, 2.45) is 0 Å². The minimum absolute atomic E-state index is 0.0837. The highest BCUT2D eigenvalue weighted by atomic mass is 32.2. The van der Waals surface area contributed by atoms with Gasteiger partial charge in [-0.2, -0.15) is 0 Å². The summed E-state index contributed by atoms with van der Waals surface area (Å²) in [6.07, 6.45) is -0.0837. The number of benzene rings is 2. The van der Waals surface area contributed by atoms with E-state index in [9.17, 15) is 14.3 Å². The van der Waals surface area contributed by atoms with Gasteiger partial charge in [-0.3, -0.25) is 0 Å². The van der Waals surface area contributed by atoms with Crippen LogP contribution in [-0.2, 0) is 11.3 Å². The fraction of sp³-hybridized carbons (Fsp3) is 0.222. The van der Waals surface area contributed by atoms with Crippen LogP contribution in [0, 0.1) is 5.82 Å². The molecule has 0 atom stereocenters. The number of ether oxygens (including phenoxy) is 1. The van der Waals surface area contributed by atoms with E-state index in [1.165, 1.54) is 17.8 Å². The van der Waals surface area contributed by atoms with E-state index in [4.69, 9.17) is 4.74 Å². The first-order valence-corrected chi connectivity index (χ1v) is 8.79. The molecule has 2 aromatic carbocycles. The summed E-state index contributed by atoms with van der Waals surface area (Å²) in [6, 6.07) is 13.8. The van der Waals surface area contributed by atoms with Crippen molar-refractivity contribution in [3.05, 3.63) is 54.3 Å². The molecule has 3 aromatic rings. The zero-order valence-corrected chi connectivity index (χ0v) is 14.2. The van der Waals surface area contributed by atoms with E-state index < -0.39 is 11.8 Å². The van der Waals surface area contributed by atoms with Gasteiger partial charge in [-0.1, -0.05) is 36.0 Å². The Balaban J connectivity index is 1.67. The Morgan fingerprint density at radius 1 is 1.20 bits per heavy atom. The van der Waals surface area contributed by atoms with Gasteiger partial charge in [-0.25, -0.2) is 9.37 Å². The zero-order valence-electron chi connectivity index (χ0n) is 13.4. The average molecular weight is 359 g/mol. The van der Waals surface area contributed by atoms with Gasteiger partial charge in [0, 0.05) is 24.7 Å². The molecule has 0 unspecified atom stereocenters. The van der Waals surface area contributed by atoms with Crippen LogP contribution in [-0.4, -0.2) is 27.9 Å². The molecule has 1 aromatic heterocycles. The van der Waals surface area contributed by atoms with Crippen molar-refractivity contribution < 1.29 is 19.0 Å². The Morgan fingerprint density at radius 2 is 1.96 bits per heavy atom. The molecule has 0 amide bonds. The Labute approximate surface area is 148 Å². The number of fused-ring (bicyclic) bond motifs is 1. The summed E-state index contributed by atoms with van der Waals surface area (Å²) < 4.78 is 20.8. The first-order chi connectivity index (χ1) is 12.1. The van der Waals surface area contributed by atoms with E-state index in [2.05, 4.69) is 4.98 Å². The molecule has 0 aliphatic heterocycles. The van der Waals surface area contributed by atoms with Crippen molar-refractivity contribution in [2.45, 2.75) is 18.1 Å². The number of hydrogen-bond acceptors (Lipinski definition) is 5. The van der Waals surface area contributed by atoms with Crippen LogP contribution in [0.4, 0.5) is 4.39 Å². The largest absolute Gasteiger partial charge is 0.550 e. The summed E-state index contributed by atoms with van der Waals surface area (Å²) in [5.74, 6) is -0.720. The summed E-state index contributed by atoms with van der Waals surface area (Å²) in [7, 11) is 0. The van der Waals surface area contributed by atoms with Gasteiger partial charge in [0.15, 0.2) is 16.7 Å². The molecule has 0 saturated carbocycles.